The van der Waals surface area contributed by atoms with Crippen molar-refractivity contribution in [2.75, 3.05) is 22.2 Å². The molecule has 0 saturated heterocycles. The minimum Gasteiger partial charge on any atom is -0.497 e. The van der Waals surface area contributed by atoms with Crippen LogP contribution in [0.25, 0.3) is 0 Å². The van der Waals surface area contributed by atoms with Crippen LogP contribution in [0.5, 0.6) is 5.75 Å². The summed E-state index contributed by atoms with van der Waals surface area (Å²) in [5.41, 5.74) is 5.43. The third-order valence-corrected chi connectivity index (χ3v) is 7.94. The second-order valence-electron chi connectivity index (χ2n) is 11.0. The standard InChI is InChI=1S/C34H32N6O7/c1-20(2)34(32(35)45,22-13-15-25(47-3)16-14-22)40-27-12-5-4-11-26(27)39(24-10-7-17-36-19-24)29(41)28(30(40)42)38-33(46)37-23-9-6-8-21(18-23)31(43)44/h4-20,28H,1-3H3,(H2,35,45)(H,43,44)(H2,37,38,46). The molecule has 2 unspecified atom stereocenters. The summed E-state index contributed by atoms with van der Waals surface area (Å²) < 4.78 is 5.31. The van der Waals surface area contributed by atoms with E-state index in [9.17, 15) is 29.1 Å². The molecule has 1 aliphatic heterocycles. The van der Waals surface area contributed by atoms with E-state index in [-0.39, 0.29) is 22.6 Å². The average molecular weight is 637 g/mol. The number of nitrogens with two attached hydrogens (primary N) is 1. The summed E-state index contributed by atoms with van der Waals surface area (Å²) in [7, 11) is 1.49. The average Bonchev–Trinajstić information content (AvgIpc) is 3.14. The summed E-state index contributed by atoms with van der Waals surface area (Å²) in [6.07, 6.45) is 2.95. The first-order valence-corrected chi connectivity index (χ1v) is 14.5. The van der Waals surface area contributed by atoms with E-state index in [4.69, 9.17) is 10.5 Å². The molecule has 13 nitrogen and oxygen atoms in total. The molecule has 5 N–H and O–H groups in total. The number of carbonyl (C=O) groups is 5. The van der Waals surface area contributed by atoms with Crippen molar-refractivity contribution in [3.05, 3.63) is 108 Å². The van der Waals surface area contributed by atoms with Crippen LogP contribution in [0.15, 0.2) is 97.3 Å². The summed E-state index contributed by atoms with van der Waals surface area (Å²) >= 11 is 0. The van der Waals surface area contributed by atoms with Crippen LogP contribution >= 0.6 is 0 Å². The van der Waals surface area contributed by atoms with Gasteiger partial charge in [0.2, 0.25) is 5.91 Å². The summed E-state index contributed by atoms with van der Waals surface area (Å²) in [6.45, 7) is 3.45. The van der Waals surface area contributed by atoms with Gasteiger partial charge in [0.05, 0.1) is 35.9 Å². The van der Waals surface area contributed by atoms with Gasteiger partial charge in [0.15, 0.2) is 11.6 Å². The van der Waals surface area contributed by atoms with Crippen LogP contribution in [0.1, 0.15) is 29.8 Å². The number of para-hydroxylation sites is 2. The van der Waals surface area contributed by atoms with E-state index < -0.39 is 47.2 Å². The van der Waals surface area contributed by atoms with E-state index >= 15 is 0 Å². The molecule has 2 heterocycles. The van der Waals surface area contributed by atoms with Gasteiger partial charge in [0.25, 0.3) is 11.8 Å². The number of hydrogen-bond donors (Lipinski definition) is 4. The Morgan fingerprint density at radius 3 is 2.23 bits per heavy atom. The molecule has 1 aliphatic rings. The number of nitrogens with one attached hydrogen (secondary N) is 2. The number of primary amides is 1. The van der Waals surface area contributed by atoms with E-state index in [1.807, 2.05) is 0 Å². The topological polar surface area (TPSA) is 184 Å². The summed E-state index contributed by atoms with van der Waals surface area (Å²) in [5.74, 6) is -4.02. The van der Waals surface area contributed by atoms with Gasteiger partial charge in [0.1, 0.15) is 5.75 Å². The van der Waals surface area contributed by atoms with E-state index in [0.29, 0.717) is 17.0 Å². The van der Waals surface area contributed by atoms with Crippen LogP contribution in [0.3, 0.4) is 0 Å². The Balaban J connectivity index is 1.71. The number of benzene rings is 3. The molecule has 0 saturated carbocycles. The van der Waals surface area contributed by atoms with Gasteiger partial charge in [-0.1, -0.05) is 44.2 Å². The maximum absolute atomic E-state index is 14.9. The lowest BCUT2D eigenvalue weighted by Gasteiger charge is -2.45. The van der Waals surface area contributed by atoms with Gasteiger partial charge >= 0.3 is 12.0 Å². The molecule has 0 spiro atoms. The molecule has 0 fully saturated rings. The summed E-state index contributed by atoms with van der Waals surface area (Å²) in [6, 6.07) is 18.8. The maximum Gasteiger partial charge on any atom is 0.335 e. The fourth-order valence-electron chi connectivity index (χ4n) is 5.81. The molecule has 2 atom stereocenters. The minimum absolute atomic E-state index is 0.0866. The van der Waals surface area contributed by atoms with Crippen LogP contribution in [-0.2, 0) is 19.9 Å². The number of methoxy groups -OCH3 is 1. The number of urea groups is 1. The molecule has 0 radical (unpaired) electrons. The highest BCUT2D eigenvalue weighted by Crippen LogP contribution is 2.46. The van der Waals surface area contributed by atoms with Crippen LogP contribution in [0.4, 0.5) is 27.5 Å². The van der Waals surface area contributed by atoms with Crippen molar-refractivity contribution < 1.29 is 33.8 Å². The molecule has 47 heavy (non-hydrogen) atoms. The number of anilines is 4. The maximum atomic E-state index is 14.9. The number of ether oxygens (including phenoxy) is 1. The molecular weight excluding hydrogens is 604 g/mol. The van der Waals surface area contributed by atoms with Crippen molar-refractivity contribution in [2.24, 2.45) is 11.7 Å². The van der Waals surface area contributed by atoms with E-state index in [1.54, 1.807) is 74.5 Å². The Hall–Kier alpha value is -6.24. The van der Waals surface area contributed by atoms with Gasteiger partial charge in [0, 0.05) is 11.9 Å². The van der Waals surface area contributed by atoms with Gasteiger partial charge in [-0.3, -0.25) is 29.2 Å². The minimum atomic E-state index is -1.89. The lowest BCUT2D eigenvalue weighted by molar-refractivity contribution is -0.134. The quantitative estimate of drug-likeness (QED) is 0.199. The highest BCUT2D eigenvalue weighted by atomic mass is 16.5. The Morgan fingerprint density at radius 2 is 1.64 bits per heavy atom. The van der Waals surface area contributed by atoms with Gasteiger partial charge in [-0.05, 0) is 66.1 Å². The summed E-state index contributed by atoms with van der Waals surface area (Å²) in [4.78, 5) is 74.6. The van der Waals surface area contributed by atoms with E-state index in [2.05, 4.69) is 15.6 Å². The normalized spacial score (nSPS) is 15.7. The van der Waals surface area contributed by atoms with Crippen molar-refractivity contribution in [1.82, 2.24) is 10.3 Å². The van der Waals surface area contributed by atoms with Crippen LogP contribution < -0.4 is 30.9 Å². The number of rotatable bonds is 9. The number of hydrogen-bond acceptors (Lipinski definition) is 7. The van der Waals surface area contributed by atoms with Gasteiger partial charge in [-0.25, -0.2) is 9.59 Å². The zero-order chi connectivity index (χ0) is 33.9. The predicted octanol–water partition coefficient (Wildman–Crippen LogP) is 4.03. The van der Waals surface area contributed by atoms with Crippen molar-refractivity contribution in [3.8, 4) is 5.75 Å². The number of fused-ring (bicyclic) bond motifs is 1. The summed E-state index contributed by atoms with van der Waals surface area (Å²) in [5, 5.41) is 14.3. The number of aromatic carboxylic acids is 1. The molecule has 240 valence electrons. The zero-order valence-electron chi connectivity index (χ0n) is 25.7. The second-order valence-corrected chi connectivity index (χ2v) is 11.0. The van der Waals surface area contributed by atoms with Crippen molar-refractivity contribution in [1.29, 1.82) is 0 Å². The largest absolute Gasteiger partial charge is 0.497 e. The fourth-order valence-corrected chi connectivity index (χ4v) is 5.81. The van der Waals surface area contributed by atoms with Crippen molar-refractivity contribution in [3.63, 3.8) is 0 Å². The number of nitrogens with zero attached hydrogens (tertiary/aromatic N) is 3. The van der Waals surface area contributed by atoms with Crippen LogP contribution in [0.2, 0.25) is 0 Å². The molecule has 5 rings (SSSR count). The number of carboxylic acid groups (broad SMARTS) is 1. The number of pyridine rings is 1. The Bertz CT molecular complexity index is 1850. The van der Waals surface area contributed by atoms with E-state index in [0.717, 1.165) is 0 Å². The first kappa shape index (κ1) is 32.2. The first-order valence-electron chi connectivity index (χ1n) is 14.5. The molecule has 1 aromatic heterocycles. The third-order valence-electron chi connectivity index (χ3n) is 7.94. The Labute approximate surface area is 270 Å². The van der Waals surface area contributed by atoms with Gasteiger partial charge in [-0.2, -0.15) is 0 Å². The monoisotopic (exact) mass is 636 g/mol. The molecule has 13 heteroatoms. The Morgan fingerprint density at radius 1 is 0.936 bits per heavy atom. The third kappa shape index (κ3) is 5.81. The fraction of sp³-hybridized carbons (Fsp3) is 0.176. The molecule has 4 aromatic rings. The molecule has 0 aliphatic carbocycles. The predicted molar refractivity (Wildman–Crippen MR) is 173 cm³/mol. The van der Waals surface area contributed by atoms with Crippen molar-refractivity contribution in [2.45, 2.75) is 25.4 Å². The lowest BCUT2D eigenvalue weighted by atomic mass is 9.76. The molecule has 3 aromatic carbocycles. The van der Waals surface area contributed by atoms with Gasteiger partial charge in [-0.15, -0.1) is 0 Å². The number of aromatic nitrogens is 1. The van der Waals surface area contributed by atoms with Crippen LogP contribution in [0, 0.1) is 5.92 Å². The second kappa shape index (κ2) is 13.0. The van der Waals surface area contributed by atoms with E-state index in [1.165, 1.54) is 53.6 Å². The SMILES string of the molecule is COc1ccc(C(C(N)=O)(C(C)C)N2C(=O)C(NC(=O)Nc3cccc(C(=O)O)c3)C(=O)N(c3cccnc3)c3ccccc32)cc1. The molecule has 5 amide bonds. The Kier molecular flexibility index (Phi) is 8.90. The smallest absolute Gasteiger partial charge is 0.335 e. The first-order chi connectivity index (χ1) is 22.5. The number of amides is 5. The lowest BCUT2D eigenvalue weighted by Crippen LogP contribution is -2.65. The highest BCUT2D eigenvalue weighted by Gasteiger charge is 2.55. The number of carboxylic acids is 1. The highest BCUT2D eigenvalue weighted by molar-refractivity contribution is 6.25. The molecule has 0 bridgehead atoms. The molecular formula is C34H32N6O7. The zero-order valence-corrected chi connectivity index (χ0v) is 25.7. The number of carbonyl (C=O) groups excluding carboxylic acids is 4. The van der Waals surface area contributed by atoms with Crippen LogP contribution in [-0.4, -0.2) is 53.0 Å². The van der Waals surface area contributed by atoms with Gasteiger partial charge < -0.3 is 26.2 Å². The van der Waals surface area contributed by atoms with Crippen molar-refractivity contribution >= 4 is 52.5 Å².